The fourth-order valence-electron chi connectivity index (χ4n) is 2.20. The van der Waals surface area contributed by atoms with Gasteiger partial charge in [-0.3, -0.25) is 25.2 Å². The molecule has 0 aliphatic heterocycles. The molecule has 6 nitrogen and oxygen atoms in total. The molecule has 3 rings (SSSR count). The van der Waals surface area contributed by atoms with E-state index in [1.54, 1.807) is 47.8 Å². The van der Waals surface area contributed by atoms with Crippen LogP contribution in [0.1, 0.15) is 30.4 Å². The maximum absolute atomic E-state index is 12.3. The highest BCUT2D eigenvalue weighted by atomic mass is 35.5. The van der Waals surface area contributed by atoms with Crippen molar-refractivity contribution in [2.75, 3.05) is 5.32 Å². The van der Waals surface area contributed by atoms with Crippen LogP contribution in [0.15, 0.2) is 66.0 Å². The van der Waals surface area contributed by atoms with Crippen LogP contribution >= 0.6 is 22.9 Å². The molecule has 0 aliphatic carbocycles. The maximum atomic E-state index is 12.3. The summed E-state index contributed by atoms with van der Waals surface area (Å²) >= 11 is 7.40. The van der Waals surface area contributed by atoms with Crippen molar-refractivity contribution in [1.29, 1.82) is 0 Å². The van der Waals surface area contributed by atoms with Gasteiger partial charge >= 0.3 is 0 Å². The van der Waals surface area contributed by atoms with E-state index in [-0.39, 0.29) is 11.5 Å². The van der Waals surface area contributed by atoms with Gasteiger partial charge in [0, 0.05) is 11.1 Å². The molecule has 0 radical (unpaired) electrons. The summed E-state index contributed by atoms with van der Waals surface area (Å²) in [7, 11) is 0. The van der Waals surface area contributed by atoms with Crippen molar-refractivity contribution in [3.8, 4) is 0 Å². The number of carbonyl (C=O) groups excluding carboxylic acids is 3. The Bertz CT molecular complexity index is 975. The molecular formula is C19H14ClN3O3S. The number of carbonyl (C=O) groups is 3. The normalized spacial score (nSPS) is 10.1. The third-order valence-electron chi connectivity index (χ3n) is 3.55. The molecule has 136 valence electrons. The van der Waals surface area contributed by atoms with E-state index in [2.05, 4.69) is 16.2 Å². The quantitative estimate of drug-likeness (QED) is 0.584. The number of benzene rings is 2. The molecule has 3 aromatic rings. The predicted octanol–water partition coefficient (Wildman–Crippen LogP) is 3.73. The van der Waals surface area contributed by atoms with Crippen molar-refractivity contribution in [2.24, 2.45) is 0 Å². The number of rotatable bonds is 4. The molecule has 0 saturated heterocycles. The lowest BCUT2D eigenvalue weighted by molar-refractivity contribution is 0.0846. The molecule has 0 fully saturated rings. The van der Waals surface area contributed by atoms with Crippen LogP contribution in [-0.2, 0) is 0 Å². The second-order valence-corrected chi connectivity index (χ2v) is 6.76. The smallest absolute Gasteiger partial charge is 0.269 e. The number of hydrogen-bond acceptors (Lipinski definition) is 4. The van der Waals surface area contributed by atoms with E-state index in [0.29, 0.717) is 21.2 Å². The summed E-state index contributed by atoms with van der Waals surface area (Å²) < 4.78 is 0. The Morgan fingerprint density at radius 3 is 2.15 bits per heavy atom. The van der Waals surface area contributed by atoms with Crippen LogP contribution in [0.2, 0.25) is 5.02 Å². The van der Waals surface area contributed by atoms with Gasteiger partial charge in [0.1, 0.15) is 0 Å². The molecule has 0 saturated carbocycles. The zero-order chi connectivity index (χ0) is 19.2. The van der Waals surface area contributed by atoms with E-state index in [9.17, 15) is 14.4 Å². The lowest BCUT2D eigenvalue weighted by Crippen LogP contribution is -2.41. The number of halogens is 1. The molecular weight excluding hydrogens is 386 g/mol. The third-order valence-corrected chi connectivity index (χ3v) is 4.75. The molecule has 3 N–H and O–H groups in total. The predicted molar refractivity (Wildman–Crippen MR) is 105 cm³/mol. The lowest BCUT2D eigenvalue weighted by Gasteiger charge is -2.10. The molecule has 2 aromatic carbocycles. The Morgan fingerprint density at radius 1 is 0.778 bits per heavy atom. The molecule has 0 bridgehead atoms. The molecule has 0 aliphatic rings. The fraction of sp³-hybridized carbons (Fsp3) is 0. The zero-order valence-corrected chi connectivity index (χ0v) is 15.4. The average molecular weight is 400 g/mol. The van der Waals surface area contributed by atoms with Crippen molar-refractivity contribution in [3.63, 3.8) is 0 Å². The van der Waals surface area contributed by atoms with Gasteiger partial charge in [0.15, 0.2) is 0 Å². The highest BCUT2D eigenvalue weighted by Gasteiger charge is 2.14. The molecule has 1 aromatic heterocycles. The second-order valence-electron chi connectivity index (χ2n) is 5.40. The van der Waals surface area contributed by atoms with Crippen LogP contribution in [0.3, 0.4) is 0 Å². The van der Waals surface area contributed by atoms with Crippen LogP contribution < -0.4 is 16.2 Å². The van der Waals surface area contributed by atoms with Gasteiger partial charge in [-0.1, -0.05) is 35.9 Å². The Hall–Kier alpha value is -3.16. The van der Waals surface area contributed by atoms with E-state index in [4.69, 9.17) is 11.6 Å². The third kappa shape index (κ3) is 4.72. The van der Waals surface area contributed by atoms with Gasteiger partial charge in [-0.05, 0) is 41.8 Å². The first-order valence-electron chi connectivity index (χ1n) is 7.85. The summed E-state index contributed by atoms with van der Waals surface area (Å²) in [4.78, 5) is 36.9. The van der Waals surface area contributed by atoms with Crippen LogP contribution in [0.4, 0.5) is 5.69 Å². The number of hydrazine groups is 1. The standard InChI is InChI=1S/C19H14ClN3O3S/c20-14-9-8-13(11-15(14)21-19(26)16-7-4-10-27-16)18(25)23-22-17(24)12-5-2-1-3-6-12/h1-11H,(H,21,26)(H,22,24)(H,23,25). The number of nitrogens with one attached hydrogen (secondary N) is 3. The first kappa shape index (κ1) is 18.6. The summed E-state index contributed by atoms with van der Waals surface area (Å²) in [5.41, 5.74) is 5.62. The fourth-order valence-corrected chi connectivity index (χ4v) is 2.99. The second kappa shape index (κ2) is 8.48. The van der Waals surface area contributed by atoms with Gasteiger partial charge in [-0.25, -0.2) is 0 Å². The van der Waals surface area contributed by atoms with E-state index in [1.165, 1.54) is 29.5 Å². The van der Waals surface area contributed by atoms with Crippen LogP contribution in [0.25, 0.3) is 0 Å². The Balaban J connectivity index is 1.66. The first-order chi connectivity index (χ1) is 13.0. The van der Waals surface area contributed by atoms with Crippen molar-refractivity contribution in [2.45, 2.75) is 0 Å². The number of hydrogen-bond donors (Lipinski definition) is 3. The molecule has 3 amide bonds. The van der Waals surface area contributed by atoms with Crippen molar-refractivity contribution in [3.05, 3.63) is 87.1 Å². The van der Waals surface area contributed by atoms with Crippen LogP contribution in [0.5, 0.6) is 0 Å². The van der Waals surface area contributed by atoms with E-state index in [0.717, 1.165) is 0 Å². The summed E-state index contributed by atoms with van der Waals surface area (Å²) in [5.74, 6) is -1.30. The minimum atomic E-state index is -0.539. The zero-order valence-electron chi connectivity index (χ0n) is 13.9. The van der Waals surface area contributed by atoms with Gasteiger partial charge in [0.2, 0.25) is 0 Å². The average Bonchev–Trinajstić information content (AvgIpc) is 3.23. The van der Waals surface area contributed by atoms with Gasteiger partial charge in [0.05, 0.1) is 15.6 Å². The molecule has 0 atom stereocenters. The summed E-state index contributed by atoms with van der Waals surface area (Å²) in [6, 6.07) is 16.4. The van der Waals surface area contributed by atoms with E-state index < -0.39 is 11.8 Å². The maximum Gasteiger partial charge on any atom is 0.269 e. The Kier molecular flexibility index (Phi) is 5.85. The highest BCUT2D eigenvalue weighted by molar-refractivity contribution is 7.12. The van der Waals surface area contributed by atoms with Crippen molar-refractivity contribution >= 4 is 46.3 Å². The minimum Gasteiger partial charge on any atom is -0.320 e. The Labute approximate surface area is 164 Å². The van der Waals surface area contributed by atoms with Crippen molar-refractivity contribution in [1.82, 2.24) is 10.9 Å². The largest absolute Gasteiger partial charge is 0.320 e. The van der Waals surface area contributed by atoms with Gasteiger partial charge < -0.3 is 5.32 Å². The summed E-state index contributed by atoms with van der Waals surface area (Å²) in [5, 5.41) is 4.75. The van der Waals surface area contributed by atoms with Crippen molar-refractivity contribution < 1.29 is 14.4 Å². The first-order valence-corrected chi connectivity index (χ1v) is 9.10. The molecule has 8 heteroatoms. The molecule has 0 spiro atoms. The number of thiophene rings is 1. The van der Waals surface area contributed by atoms with E-state index in [1.807, 2.05) is 0 Å². The summed E-state index contributed by atoms with van der Waals surface area (Å²) in [6.07, 6.45) is 0. The number of anilines is 1. The van der Waals surface area contributed by atoms with Gasteiger partial charge in [-0.15, -0.1) is 11.3 Å². The topological polar surface area (TPSA) is 87.3 Å². The molecule has 0 unspecified atom stereocenters. The SMILES string of the molecule is O=C(NNC(=O)c1ccc(Cl)c(NC(=O)c2cccs2)c1)c1ccccc1. The highest BCUT2D eigenvalue weighted by Crippen LogP contribution is 2.24. The lowest BCUT2D eigenvalue weighted by atomic mass is 10.2. The van der Waals surface area contributed by atoms with Gasteiger partial charge in [-0.2, -0.15) is 0 Å². The molecule has 27 heavy (non-hydrogen) atoms. The molecule has 1 heterocycles. The minimum absolute atomic E-state index is 0.231. The van der Waals surface area contributed by atoms with Gasteiger partial charge in [0.25, 0.3) is 17.7 Å². The number of amides is 3. The monoisotopic (exact) mass is 399 g/mol. The van der Waals surface area contributed by atoms with E-state index >= 15 is 0 Å². The Morgan fingerprint density at radius 2 is 1.48 bits per heavy atom. The summed E-state index contributed by atoms with van der Waals surface area (Å²) in [6.45, 7) is 0. The van der Waals surface area contributed by atoms with Crippen LogP contribution in [-0.4, -0.2) is 17.7 Å². The van der Waals surface area contributed by atoms with Crippen LogP contribution in [0, 0.1) is 0 Å².